The van der Waals surface area contributed by atoms with Crippen LogP contribution in [0.1, 0.15) is 24.8 Å². The molecule has 10 nitrogen and oxygen atoms in total. The zero-order chi connectivity index (χ0) is 23.0. The Balaban J connectivity index is 1.34. The number of oxime groups is 1. The molecule has 2 aliphatic rings. The third kappa shape index (κ3) is 5.44. The number of amides is 2. The van der Waals surface area contributed by atoms with E-state index in [2.05, 4.69) is 47.7 Å². The van der Waals surface area contributed by atoms with Crippen LogP contribution in [-0.2, 0) is 4.84 Å². The first kappa shape index (κ1) is 22.6. The molecule has 0 atom stereocenters. The number of piperazine rings is 1. The summed E-state index contributed by atoms with van der Waals surface area (Å²) in [7, 11) is 3.30. The Labute approximate surface area is 194 Å². The van der Waals surface area contributed by atoms with E-state index in [9.17, 15) is 4.79 Å². The number of benzene rings is 1. The molecular weight excluding hydrogens is 420 g/mol. The Bertz CT molecular complexity index is 951. The minimum Gasteiger partial charge on any atom is -0.399 e. The minimum absolute atomic E-state index is 0.0832. The standard InChI is InChI=1S/C23H32N8O2/c1-24-21-20(16-27-33-2)22(26-17-25-21)30-12-14-31(15-13-30)23(32)28-18-6-8-19(9-7-18)29-10-4-3-5-11-29/h6-9,16-17H,3-5,10-15H2,1-2H3,(H,28,32)(H,24,25,26)/b27-16+. The number of carbonyl (C=O) groups is 1. The van der Waals surface area contributed by atoms with E-state index >= 15 is 0 Å². The van der Waals surface area contributed by atoms with Gasteiger partial charge in [0.2, 0.25) is 0 Å². The van der Waals surface area contributed by atoms with Crippen LogP contribution < -0.4 is 20.4 Å². The molecule has 2 fully saturated rings. The van der Waals surface area contributed by atoms with E-state index in [0.717, 1.165) is 30.2 Å². The van der Waals surface area contributed by atoms with Gasteiger partial charge in [-0.3, -0.25) is 0 Å². The first-order valence-electron chi connectivity index (χ1n) is 11.4. The molecule has 0 bridgehead atoms. The van der Waals surface area contributed by atoms with E-state index in [1.54, 1.807) is 13.3 Å². The monoisotopic (exact) mass is 452 g/mol. The highest BCUT2D eigenvalue weighted by Crippen LogP contribution is 2.24. The first-order chi connectivity index (χ1) is 16.2. The van der Waals surface area contributed by atoms with E-state index in [1.165, 1.54) is 38.4 Å². The fraction of sp³-hybridized carbons (Fsp3) is 0.478. The van der Waals surface area contributed by atoms with Gasteiger partial charge in [-0.2, -0.15) is 0 Å². The lowest BCUT2D eigenvalue weighted by Crippen LogP contribution is -2.50. The van der Waals surface area contributed by atoms with Crippen molar-refractivity contribution in [1.82, 2.24) is 14.9 Å². The fourth-order valence-electron chi connectivity index (χ4n) is 4.29. The highest BCUT2D eigenvalue weighted by atomic mass is 16.6. The van der Waals surface area contributed by atoms with E-state index in [1.807, 2.05) is 17.0 Å². The molecule has 2 aromatic rings. The van der Waals surface area contributed by atoms with Crippen molar-refractivity contribution in [2.75, 3.05) is 73.9 Å². The van der Waals surface area contributed by atoms with Gasteiger partial charge in [0.15, 0.2) is 0 Å². The minimum atomic E-state index is -0.0832. The molecule has 10 heteroatoms. The van der Waals surface area contributed by atoms with Crippen molar-refractivity contribution in [3.05, 3.63) is 36.2 Å². The van der Waals surface area contributed by atoms with Gasteiger partial charge in [-0.25, -0.2) is 14.8 Å². The summed E-state index contributed by atoms with van der Waals surface area (Å²) in [5.41, 5.74) is 2.80. The molecule has 2 saturated heterocycles. The maximum Gasteiger partial charge on any atom is 0.321 e. The van der Waals surface area contributed by atoms with Gasteiger partial charge >= 0.3 is 6.03 Å². The molecule has 2 amide bonds. The number of piperidine rings is 1. The molecule has 33 heavy (non-hydrogen) atoms. The molecule has 0 spiro atoms. The van der Waals surface area contributed by atoms with Gasteiger partial charge in [-0.1, -0.05) is 5.16 Å². The molecule has 3 heterocycles. The summed E-state index contributed by atoms with van der Waals surface area (Å²) in [4.78, 5) is 32.7. The van der Waals surface area contributed by atoms with Crippen LogP contribution in [0.4, 0.5) is 27.8 Å². The molecule has 2 aliphatic heterocycles. The molecule has 1 aromatic carbocycles. The highest BCUT2D eigenvalue weighted by molar-refractivity contribution is 5.93. The van der Waals surface area contributed by atoms with E-state index < -0.39 is 0 Å². The SMILES string of the molecule is CNc1ncnc(N2CCN(C(=O)Nc3ccc(N4CCCCC4)cc3)CC2)c1/C=N/OC. The fourth-order valence-corrected chi connectivity index (χ4v) is 4.29. The Hall–Kier alpha value is -3.56. The third-order valence-electron chi connectivity index (χ3n) is 6.09. The topological polar surface area (TPSA) is 98.2 Å². The van der Waals surface area contributed by atoms with Gasteiger partial charge in [0.1, 0.15) is 25.1 Å². The predicted octanol–water partition coefficient (Wildman–Crippen LogP) is 2.84. The highest BCUT2D eigenvalue weighted by Gasteiger charge is 2.24. The molecule has 4 rings (SSSR count). The maximum absolute atomic E-state index is 12.8. The summed E-state index contributed by atoms with van der Waals surface area (Å²) in [6.07, 6.45) is 6.94. The average Bonchev–Trinajstić information content (AvgIpc) is 2.88. The quantitative estimate of drug-likeness (QED) is 0.514. The van der Waals surface area contributed by atoms with E-state index in [4.69, 9.17) is 4.84 Å². The number of urea groups is 1. The third-order valence-corrected chi connectivity index (χ3v) is 6.09. The van der Waals surface area contributed by atoms with Crippen LogP contribution in [0.3, 0.4) is 0 Å². The van der Waals surface area contributed by atoms with Crippen molar-refractivity contribution in [1.29, 1.82) is 0 Å². The second kappa shape index (κ2) is 10.8. The molecular formula is C23H32N8O2. The number of anilines is 4. The summed E-state index contributed by atoms with van der Waals surface area (Å²) in [5, 5.41) is 9.97. The van der Waals surface area contributed by atoms with E-state index in [-0.39, 0.29) is 6.03 Å². The predicted molar refractivity (Wildman–Crippen MR) is 131 cm³/mol. The van der Waals surface area contributed by atoms with Crippen LogP contribution >= 0.6 is 0 Å². The number of hydrogen-bond acceptors (Lipinski definition) is 8. The summed E-state index contributed by atoms with van der Waals surface area (Å²) < 4.78 is 0. The lowest BCUT2D eigenvalue weighted by molar-refractivity contribution is 0.208. The van der Waals surface area contributed by atoms with Crippen molar-refractivity contribution in [2.45, 2.75) is 19.3 Å². The first-order valence-corrected chi connectivity index (χ1v) is 11.4. The Morgan fingerprint density at radius 3 is 2.39 bits per heavy atom. The summed E-state index contributed by atoms with van der Waals surface area (Å²) in [6.45, 7) is 4.73. The summed E-state index contributed by atoms with van der Waals surface area (Å²) in [6, 6.07) is 8.08. The molecule has 1 aromatic heterocycles. The summed E-state index contributed by atoms with van der Waals surface area (Å²) in [5.74, 6) is 1.44. The van der Waals surface area contributed by atoms with Gasteiger partial charge < -0.3 is 30.2 Å². The molecule has 0 aliphatic carbocycles. The number of aromatic nitrogens is 2. The zero-order valence-corrected chi connectivity index (χ0v) is 19.3. The molecule has 176 valence electrons. The van der Waals surface area contributed by atoms with Crippen LogP contribution in [-0.4, -0.2) is 80.5 Å². The lowest BCUT2D eigenvalue weighted by Gasteiger charge is -2.36. The number of carbonyl (C=O) groups excluding carboxylic acids is 1. The van der Waals surface area contributed by atoms with Crippen LogP contribution in [0.5, 0.6) is 0 Å². The van der Waals surface area contributed by atoms with Gasteiger partial charge in [0.25, 0.3) is 0 Å². The van der Waals surface area contributed by atoms with Crippen LogP contribution in [0.15, 0.2) is 35.7 Å². The second-order valence-electron chi connectivity index (χ2n) is 8.13. The van der Waals surface area contributed by atoms with Gasteiger partial charge in [-0.05, 0) is 43.5 Å². The Kier molecular flexibility index (Phi) is 7.43. The molecule has 0 unspecified atom stereocenters. The Morgan fingerprint density at radius 2 is 1.73 bits per heavy atom. The van der Waals surface area contributed by atoms with Crippen molar-refractivity contribution in [3.8, 4) is 0 Å². The van der Waals surface area contributed by atoms with Gasteiger partial charge in [0, 0.05) is 57.7 Å². The lowest BCUT2D eigenvalue weighted by atomic mass is 10.1. The Morgan fingerprint density at radius 1 is 1.00 bits per heavy atom. The molecule has 0 saturated carbocycles. The van der Waals surface area contributed by atoms with Crippen molar-refractivity contribution in [3.63, 3.8) is 0 Å². The van der Waals surface area contributed by atoms with Crippen molar-refractivity contribution in [2.24, 2.45) is 5.16 Å². The smallest absolute Gasteiger partial charge is 0.321 e. The molecule has 2 N–H and O–H groups in total. The zero-order valence-electron chi connectivity index (χ0n) is 19.3. The van der Waals surface area contributed by atoms with Gasteiger partial charge in [0.05, 0.1) is 11.8 Å². The van der Waals surface area contributed by atoms with Crippen LogP contribution in [0, 0.1) is 0 Å². The normalized spacial score (nSPS) is 16.7. The number of nitrogens with zero attached hydrogens (tertiary/aromatic N) is 6. The maximum atomic E-state index is 12.8. The van der Waals surface area contributed by atoms with Crippen molar-refractivity contribution < 1.29 is 9.63 Å². The van der Waals surface area contributed by atoms with Gasteiger partial charge in [-0.15, -0.1) is 0 Å². The molecule has 0 radical (unpaired) electrons. The average molecular weight is 453 g/mol. The largest absolute Gasteiger partial charge is 0.399 e. The summed E-state index contributed by atoms with van der Waals surface area (Å²) >= 11 is 0. The van der Waals surface area contributed by atoms with Crippen LogP contribution in [0.2, 0.25) is 0 Å². The second-order valence-corrected chi connectivity index (χ2v) is 8.13. The van der Waals surface area contributed by atoms with E-state index in [0.29, 0.717) is 32.0 Å². The number of hydrogen-bond donors (Lipinski definition) is 2. The van der Waals surface area contributed by atoms with Crippen LogP contribution in [0.25, 0.3) is 0 Å². The van der Waals surface area contributed by atoms with Crippen molar-refractivity contribution >= 4 is 35.3 Å². The number of nitrogens with one attached hydrogen (secondary N) is 2. The number of rotatable bonds is 6.